The van der Waals surface area contributed by atoms with Crippen molar-refractivity contribution in [2.75, 3.05) is 0 Å². The van der Waals surface area contributed by atoms with Crippen LogP contribution in [-0.2, 0) is 11.3 Å². The highest BCUT2D eigenvalue weighted by Gasteiger charge is 2.07. The number of carboxylic acids is 1. The Balaban J connectivity index is 2.54. The van der Waals surface area contributed by atoms with Gasteiger partial charge in [0, 0.05) is 5.56 Å². The van der Waals surface area contributed by atoms with Gasteiger partial charge < -0.3 is 20.3 Å². The Morgan fingerprint density at radius 1 is 1.57 bits per heavy atom. The molecule has 0 aliphatic carbocycles. The second kappa shape index (κ2) is 4.62. The first kappa shape index (κ1) is 10.5. The minimum Gasteiger partial charge on any atom is -0.544 e. The van der Waals surface area contributed by atoms with Crippen LogP contribution >= 0.6 is 0 Å². The summed E-state index contributed by atoms with van der Waals surface area (Å²) >= 11 is 0. The molecule has 0 aliphatic rings. The molecule has 0 unspecified atom stereocenters. The van der Waals surface area contributed by atoms with Crippen LogP contribution in [0.3, 0.4) is 0 Å². The smallest absolute Gasteiger partial charge is 0.124 e. The maximum atomic E-state index is 10.4. The van der Waals surface area contributed by atoms with Gasteiger partial charge >= 0.3 is 0 Å². The van der Waals surface area contributed by atoms with Gasteiger partial charge in [-0.3, -0.25) is 0 Å². The van der Waals surface area contributed by atoms with Crippen molar-refractivity contribution in [1.82, 2.24) is 0 Å². The van der Waals surface area contributed by atoms with Crippen molar-refractivity contribution in [3.8, 4) is 5.75 Å². The van der Waals surface area contributed by atoms with Gasteiger partial charge in [0.25, 0.3) is 0 Å². The maximum Gasteiger partial charge on any atom is 0.124 e. The molecule has 0 fully saturated rings. The summed E-state index contributed by atoms with van der Waals surface area (Å²) in [5.41, 5.74) is 0.723. The first-order valence-electron chi connectivity index (χ1n) is 4.42. The third-order valence-electron chi connectivity index (χ3n) is 2.05. The van der Waals surface area contributed by atoms with E-state index in [1.165, 1.54) is 0 Å². The van der Waals surface area contributed by atoms with E-state index in [1.54, 1.807) is 36.5 Å². The number of quaternary nitrogens is 1. The standard InChI is InChI=1S/C10H13NO3/c1-7(10(13)14)11-6-8-4-2-3-5-9(8)12/h2-5,7,11-12H,6H2,1H3,(H,13,14)/t7-/m0/s1. The van der Waals surface area contributed by atoms with Gasteiger partial charge in [-0.25, -0.2) is 0 Å². The molecule has 0 saturated carbocycles. The fourth-order valence-corrected chi connectivity index (χ4v) is 1.08. The van der Waals surface area contributed by atoms with Crippen LogP contribution in [0.25, 0.3) is 0 Å². The summed E-state index contributed by atoms with van der Waals surface area (Å²) in [6.07, 6.45) is 0. The Morgan fingerprint density at radius 2 is 2.21 bits per heavy atom. The number of hydrogen-bond acceptors (Lipinski definition) is 3. The van der Waals surface area contributed by atoms with Gasteiger partial charge in [0.1, 0.15) is 18.3 Å². The van der Waals surface area contributed by atoms with Gasteiger partial charge in [0.15, 0.2) is 0 Å². The van der Waals surface area contributed by atoms with Gasteiger partial charge in [-0.15, -0.1) is 0 Å². The van der Waals surface area contributed by atoms with E-state index < -0.39 is 12.0 Å². The fraction of sp³-hybridized carbons (Fsp3) is 0.300. The van der Waals surface area contributed by atoms with Gasteiger partial charge in [0.2, 0.25) is 0 Å². The summed E-state index contributed by atoms with van der Waals surface area (Å²) in [7, 11) is 0. The van der Waals surface area contributed by atoms with Crippen molar-refractivity contribution in [3.05, 3.63) is 29.8 Å². The molecule has 4 nitrogen and oxygen atoms in total. The van der Waals surface area contributed by atoms with E-state index in [0.717, 1.165) is 5.56 Å². The summed E-state index contributed by atoms with van der Waals surface area (Å²) in [6, 6.07) is 6.25. The van der Waals surface area contributed by atoms with E-state index in [4.69, 9.17) is 0 Å². The molecular weight excluding hydrogens is 182 g/mol. The Hall–Kier alpha value is -1.55. The Labute approximate surface area is 82.2 Å². The van der Waals surface area contributed by atoms with Crippen LogP contribution in [0.5, 0.6) is 5.75 Å². The molecule has 0 aliphatic heterocycles. The third kappa shape index (κ3) is 2.74. The molecular formula is C10H13NO3. The first-order chi connectivity index (χ1) is 6.61. The first-order valence-corrected chi connectivity index (χ1v) is 4.42. The molecule has 1 aromatic rings. The molecule has 76 valence electrons. The van der Waals surface area contributed by atoms with Crippen LogP contribution in [0, 0.1) is 0 Å². The normalized spacial score (nSPS) is 12.4. The molecule has 0 bridgehead atoms. The number of carbonyl (C=O) groups is 1. The maximum absolute atomic E-state index is 10.4. The summed E-state index contributed by atoms with van der Waals surface area (Å²) in [5, 5.41) is 21.4. The van der Waals surface area contributed by atoms with Crippen LogP contribution in [0.15, 0.2) is 24.3 Å². The molecule has 1 atom stereocenters. The van der Waals surface area contributed by atoms with Gasteiger partial charge in [-0.2, -0.15) is 0 Å². The van der Waals surface area contributed by atoms with Crippen LogP contribution < -0.4 is 10.4 Å². The van der Waals surface area contributed by atoms with Crippen molar-refractivity contribution in [2.24, 2.45) is 0 Å². The Morgan fingerprint density at radius 3 is 2.79 bits per heavy atom. The van der Waals surface area contributed by atoms with E-state index in [0.29, 0.717) is 6.54 Å². The average Bonchev–Trinajstić information content (AvgIpc) is 2.16. The fourth-order valence-electron chi connectivity index (χ4n) is 1.08. The van der Waals surface area contributed by atoms with E-state index in [9.17, 15) is 15.0 Å². The molecule has 0 heterocycles. The van der Waals surface area contributed by atoms with Crippen LogP contribution in [-0.4, -0.2) is 17.1 Å². The van der Waals surface area contributed by atoms with Crippen molar-refractivity contribution in [2.45, 2.75) is 19.5 Å². The topological polar surface area (TPSA) is 77.0 Å². The van der Waals surface area contributed by atoms with Gasteiger partial charge in [-0.1, -0.05) is 12.1 Å². The number of phenolic OH excluding ortho intramolecular Hbond substituents is 1. The summed E-state index contributed by atoms with van der Waals surface area (Å²) in [4.78, 5) is 10.4. The van der Waals surface area contributed by atoms with E-state index in [1.807, 2.05) is 0 Å². The minimum absolute atomic E-state index is 0.189. The number of aliphatic carboxylic acids is 1. The molecule has 0 radical (unpaired) electrons. The van der Waals surface area contributed by atoms with Crippen molar-refractivity contribution in [3.63, 3.8) is 0 Å². The number of para-hydroxylation sites is 1. The number of hydrogen-bond donors (Lipinski definition) is 2. The molecule has 0 spiro atoms. The second-order valence-electron chi connectivity index (χ2n) is 3.18. The summed E-state index contributed by atoms with van der Waals surface area (Å²) in [5.74, 6) is -0.908. The zero-order chi connectivity index (χ0) is 10.6. The van der Waals surface area contributed by atoms with Crippen molar-refractivity contribution >= 4 is 5.97 Å². The molecule has 3 N–H and O–H groups in total. The van der Waals surface area contributed by atoms with Crippen LogP contribution in [0.4, 0.5) is 0 Å². The lowest BCUT2D eigenvalue weighted by Crippen LogP contribution is -2.90. The minimum atomic E-state index is -1.10. The lowest BCUT2D eigenvalue weighted by Gasteiger charge is -2.11. The lowest BCUT2D eigenvalue weighted by molar-refractivity contribution is -0.695. The number of phenols is 1. The van der Waals surface area contributed by atoms with E-state index in [-0.39, 0.29) is 5.75 Å². The SMILES string of the molecule is C[C@H]([NH2+]Cc1ccccc1O)C(=O)[O-]. The highest BCUT2D eigenvalue weighted by molar-refractivity contribution is 5.68. The molecule has 1 aromatic carbocycles. The van der Waals surface area contributed by atoms with E-state index in [2.05, 4.69) is 0 Å². The largest absolute Gasteiger partial charge is 0.544 e. The monoisotopic (exact) mass is 195 g/mol. The second-order valence-corrected chi connectivity index (χ2v) is 3.18. The number of carbonyl (C=O) groups excluding carboxylic acids is 1. The molecule has 14 heavy (non-hydrogen) atoms. The van der Waals surface area contributed by atoms with Crippen molar-refractivity contribution in [1.29, 1.82) is 0 Å². The lowest BCUT2D eigenvalue weighted by atomic mass is 10.2. The average molecular weight is 195 g/mol. The van der Waals surface area contributed by atoms with Crippen LogP contribution in [0.1, 0.15) is 12.5 Å². The predicted molar refractivity (Wildman–Crippen MR) is 48.2 cm³/mol. The number of carboxylic acid groups (broad SMARTS) is 1. The Bertz CT molecular complexity index is 325. The number of nitrogens with two attached hydrogens (primary N) is 1. The number of benzene rings is 1. The molecule has 1 rings (SSSR count). The summed E-state index contributed by atoms with van der Waals surface area (Å²) < 4.78 is 0. The third-order valence-corrected chi connectivity index (χ3v) is 2.05. The predicted octanol–water partition coefficient (Wildman–Crippen LogP) is -1.41. The molecule has 0 amide bonds. The number of rotatable bonds is 4. The molecule has 0 saturated heterocycles. The molecule has 0 aromatic heterocycles. The highest BCUT2D eigenvalue weighted by Crippen LogP contribution is 2.13. The zero-order valence-corrected chi connectivity index (χ0v) is 7.93. The van der Waals surface area contributed by atoms with Gasteiger partial charge in [0.05, 0.1) is 5.97 Å². The van der Waals surface area contributed by atoms with Crippen LogP contribution in [0.2, 0.25) is 0 Å². The van der Waals surface area contributed by atoms with E-state index >= 15 is 0 Å². The highest BCUT2D eigenvalue weighted by atomic mass is 16.4. The number of aromatic hydroxyl groups is 1. The quantitative estimate of drug-likeness (QED) is 0.620. The zero-order valence-electron chi connectivity index (χ0n) is 7.93. The van der Waals surface area contributed by atoms with Gasteiger partial charge in [-0.05, 0) is 19.1 Å². The Kier molecular flexibility index (Phi) is 3.48. The molecule has 4 heteroatoms. The van der Waals surface area contributed by atoms with Crippen molar-refractivity contribution < 1.29 is 20.3 Å². The summed E-state index contributed by atoms with van der Waals surface area (Å²) in [6.45, 7) is 1.98.